The molecule has 1 N–H and O–H groups in total. The van der Waals surface area contributed by atoms with E-state index in [1.165, 1.54) is 35.2 Å². The minimum Gasteiger partial charge on any atom is -0.376 e. The van der Waals surface area contributed by atoms with E-state index in [-0.39, 0.29) is 17.7 Å². The summed E-state index contributed by atoms with van der Waals surface area (Å²) in [5.74, 6) is 0.153. The first-order valence-electron chi connectivity index (χ1n) is 10.3. The van der Waals surface area contributed by atoms with Crippen LogP contribution in [0.4, 0.5) is 9.52 Å². The minimum absolute atomic E-state index is 0.0905. The largest absolute Gasteiger partial charge is 0.376 e. The Kier molecular flexibility index (Phi) is 7.04. The number of thioether (sulfide) groups is 1. The van der Waals surface area contributed by atoms with Crippen LogP contribution in [-0.4, -0.2) is 39.0 Å². The molecular weight excluding hydrogens is 435 g/mol. The molecule has 31 heavy (non-hydrogen) atoms. The van der Waals surface area contributed by atoms with E-state index in [1.54, 1.807) is 12.1 Å². The highest BCUT2D eigenvalue weighted by Gasteiger charge is 2.21. The van der Waals surface area contributed by atoms with Crippen molar-refractivity contribution in [1.82, 2.24) is 14.8 Å². The molecule has 3 aromatic rings. The number of anilines is 1. The van der Waals surface area contributed by atoms with Crippen molar-refractivity contribution in [2.45, 2.75) is 50.2 Å². The molecule has 1 aromatic carbocycles. The molecular formula is C22H25FN4O2S2. The molecule has 4 rings (SSSR count). The van der Waals surface area contributed by atoms with Crippen LogP contribution in [0.25, 0.3) is 0 Å². The summed E-state index contributed by atoms with van der Waals surface area (Å²) < 4.78 is 21.7. The lowest BCUT2D eigenvalue weighted by Gasteiger charge is -2.14. The fraction of sp³-hybridized carbons (Fsp3) is 0.409. The van der Waals surface area contributed by atoms with Gasteiger partial charge in [0.1, 0.15) is 5.82 Å². The molecule has 1 fully saturated rings. The number of rotatable bonds is 9. The quantitative estimate of drug-likeness (QED) is 0.363. The molecule has 0 aliphatic carbocycles. The van der Waals surface area contributed by atoms with Gasteiger partial charge in [-0.15, -0.1) is 10.2 Å². The number of ketones is 1. The number of aromatic nitrogens is 3. The van der Waals surface area contributed by atoms with E-state index in [0.717, 1.165) is 52.8 Å². The summed E-state index contributed by atoms with van der Waals surface area (Å²) in [6, 6.07) is 8.30. The minimum atomic E-state index is -0.254. The maximum absolute atomic E-state index is 13.0. The van der Waals surface area contributed by atoms with Crippen molar-refractivity contribution in [3.63, 3.8) is 0 Å². The van der Waals surface area contributed by atoms with Gasteiger partial charge >= 0.3 is 0 Å². The number of halogens is 1. The van der Waals surface area contributed by atoms with Gasteiger partial charge in [0.15, 0.2) is 10.1 Å². The number of Topliss-reactive ketones (excluding diaryl/α,β-unsaturated/α-hetero) is 1. The summed E-state index contributed by atoms with van der Waals surface area (Å²) in [5, 5.41) is 12.1. The zero-order valence-electron chi connectivity index (χ0n) is 17.6. The van der Waals surface area contributed by atoms with Crippen molar-refractivity contribution < 1.29 is 13.9 Å². The third kappa shape index (κ3) is 5.53. The van der Waals surface area contributed by atoms with Crippen LogP contribution in [-0.2, 0) is 17.8 Å². The number of benzene rings is 1. The summed E-state index contributed by atoms with van der Waals surface area (Å²) >= 11 is 2.80. The van der Waals surface area contributed by atoms with Crippen LogP contribution in [0.5, 0.6) is 0 Å². The smallest absolute Gasteiger partial charge is 0.206 e. The Bertz CT molecular complexity index is 1040. The SMILES string of the molecule is Cc1cc(C(=O)CSc2nnc(NCc3ccc(F)cc3)s2)c(C)n1C[C@H]1CCCO1. The van der Waals surface area contributed by atoms with Gasteiger partial charge in [-0.25, -0.2) is 4.39 Å². The number of nitrogens with zero attached hydrogens (tertiary/aromatic N) is 3. The Morgan fingerprint density at radius 3 is 2.87 bits per heavy atom. The summed E-state index contributed by atoms with van der Waals surface area (Å²) in [6.07, 6.45) is 2.42. The average molecular weight is 461 g/mol. The zero-order chi connectivity index (χ0) is 21.8. The van der Waals surface area contributed by atoms with Gasteiger partial charge in [0, 0.05) is 36.6 Å². The van der Waals surface area contributed by atoms with Crippen molar-refractivity contribution in [2.75, 3.05) is 17.7 Å². The first-order valence-corrected chi connectivity index (χ1v) is 12.1. The highest BCUT2D eigenvalue weighted by atomic mass is 32.2. The van der Waals surface area contributed by atoms with Gasteiger partial charge in [0.05, 0.1) is 11.9 Å². The molecule has 1 atom stereocenters. The third-order valence-corrected chi connectivity index (χ3v) is 7.39. The molecule has 0 amide bonds. The summed E-state index contributed by atoms with van der Waals surface area (Å²) in [7, 11) is 0. The second-order valence-corrected chi connectivity index (χ2v) is 9.80. The molecule has 0 radical (unpaired) electrons. The number of carbonyl (C=O) groups is 1. The van der Waals surface area contributed by atoms with Crippen LogP contribution in [0.15, 0.2) is 34.7 Å². The van der Waals surface area contributed by atoms with E-state index in [1.807, 2.05) is 19.9 Å². The maximum atomic E-state index is 13.0. The molecule has 0 unspecified atom stereocenters. The summed E-state index contributed by atoms with van der Waals surface area (Å²) in [4.78, 5) is 12.8. The maximum Gasteiger partial charge on any atom is 0.206 e. The molecule has 2 aromatic heterocycles. The molecule has 1 saturated heterocycles. The molecule has 0 spiro atoms. The van der Waals surface area contributed by atoms with Crippen LogP contribution in [0, 0.1) is 19.7 Å². The van der Waals surface area contributed by atoms with E-state index in [2.05, 4.69) is 20.1 Å². The van der Waals surface area contributed by atoms with Gasteiger partial charge in [0.25, 0.3) is 0 Å². The van der Waals surface area contributed by atoms with Crippen molar-refractivity contribution in [1.29, 1.82) is 0 Å². The molecule has 1 aliphatic heterocycles. The van der Waals surface area contributed by atoms with Crippen LogP contribution >= 0.6 is 23.1 Å². The Hall–Kier alpha value is -2.23. The average Bonchev–Trinajstić information content (AvgIpc) is 3.50. The molecule has 0 bridgehead atoms. The second kappa shape index (κ2) is 9.93. The number of aryl methyl sites for hydroxylation is 1. The van der Waals surface area contributed by atoms with Gasteiger partial charge in [-0.3, -0.25) is 4.79 Å². The van der Waals surface area contributed by atoms with Gasteiger partial charge in [0.2, 0.25) is 5.13 Å². The normalized spacial score (nSPS) is 16.0. The number of hydrogen-bond donors (Lipinski definition) is 1. The summed E-state index contributed by atoms with van der Waals surface area (Å²) in [5.41, 5.74) is 3.81. The third-order valence-electron chi connectivity index (χ3n) is 5.37. The van der Waals surface area contributed by atoms with E-state index in [4.69, 9.17) is 4.74 Å². The van der Waals surface area contributed by atoms with Crippen LogP contribution < -0.4 is 5.32 Å². The van der Waals surface area contributed by atoms with Crippen molar-refractivity contribution in [2.24, 2.45) is 0 Å². The Morgan fingerprint density at radius 2 is 2.13 bits per heavy atom. The Labute approximate surface area is 189 Å². The number of carbonyl (C=O) groups excluding carboxylic acids is 1. The highest BCUT2D eigenvalue weighted by molar-refractivity contribution is 8.01. The van der Waals surface area contributed by atoms with Crippen LogP contribution in [0.1, 0.15) is 40.2 Å². The van der Waals surface area contributed by atoms with Crippen LogP contribution in [0.3, 0.4) is 0 Å². The Balaban J connectivity index is 1.31. The lowest BCUT2D eigenvalue weighted by Crippen LogP contribution is -2.17. The predicted molar refractivity (Wildman–Crippen MR) is 122 cm³/mol. The highest BCUT2D eigenvalue weighted by Crippen LogP contribution is 2.28. The van der Waals surface area contributed by atoms with Crippen molar-refractivity contribution in [3.05, 3.63) is 58.7 Å². The molecule has 6 nitrogen and oxygen atoms in total. The summed E-state index contributed by atoms with van der Waals surface area (Å²) in [6.45, 7) is 6.21. The Morgan fingerprint density at radius 1 is 1.32 bits per heavy atom. The molecule has 9 heteroatoms. The first-order chi connectivity index (χ1) is 15.0. The van der Waals surface area contributed by atoms with Gasteiger partial charge < -0.3 is 14.6 Å². The number of hydrogen-bond acceptors (Lipinski definition) is 7. The van der Waals surface area contributed by atoms with E-state index < -0.39 is 0 Å². The fourth-order valence-corrected chi connectivity index (χ4v) is 5.31. The second-order valence-electron chi connectivity index (χ2n) is 7.60. The number of ether oxygens (including phenoxy) is 1. The fourth-order valence-electron chi connectivity index (χ4n) is 3.68. The van der Waals surface area contributed by atoms with E-state index in [0.29, 0.717) is 17.4 Å². The molecule has 3 heterocycles. The van der Waals surface area contributed by atoms with Gasteiger partial charge in [-0.1, -0.05) is 35.2 Å². The van der Waals surface area contributed by atoms with E-state index >= 15 is 0 Å². The lowest BCUT2D eigenvalue weighted by atomic mass is 10.2. The van der Waals surface area contributed by atoms with Crippen LogP contribution in [0.2, 0.25) is 0 Å². The molecule has 164 valence electrons. The first kappa shape index (κ1) is 22.0. The topological polar surface area (TPSA) is 69.0 Å². The predicted octanol–water partition coefficient (Wildman–Crippen LogP) is 4.86. The van der Waals surface area contributed by atoms with E-state index in [9.17, 15) is 9.18 Å². The zero-order valence-corrected chi connectivity index (χ0v) is 19.2. The van der Waals surface area contributed by atoms with Crippen molar-refractivity contribution >= 4 is 34.0 Å². The van der Waals surface area contributed by atoms with Crippen molar-refractivity contribution in [3.8, 4) is 0 Å². The lowest BCUT2D eigenvalue weighted by molar-refractivity contribution is 0.0957. The standard InChI is InChI=1S/C22H25FN4O2S2/c1-14-10-19(15(2)27(14)12-18-4-3-9-29-18)20(28)13-30-22-26-25-21(31-22)24-11-16-5-7-17(23)8-6-16/h5-8,10,18H,3-4,9,11-13H2,1-2H3,(H,24,25)/t18-/m1/s1. The monoisotopic (exact) mass is 460 g/mol. The molecule has 0 saturated carbocycles. The van der Waals surface area contributed by atoms with Gasteiger partial charge in [-0.2, -0.15) is 0 Å². The molecule has 1 aliphatic rings. The number of nitrogens with one attached hydrogen (secondary N) is 1. The van der Waals surface area contributed by atoms with Gasteiger partial charge in [-0.05, 0) is 50.5 Å².